The quantitative estimate of drug-likeness (QED) is 0.378. The highest BCUT2D eigenvalue weighted by molar-refractivity contribution is 8.19. The zero-order chi connectivity index (χ0) is 20.7. The Morgan fingerprint density at radius 3 is 2.57 bits per heavy atom. The molecule has 1 amide bonds. The number of carbonyl (C=O) groups is 1. The topological polar surface area (TPSA) is 35.9 Å². The lowest BCUT2D eigenvalue weighted by molar-refractivity contribution is -0.121. The number of carbonyl (C=O) groups excluding carboxylic acids is 1. The van der Waals surface area contributed by atoms with E-state index >= 15 is 0 Å². The maximum Gasteiger partial charge on any atom is 0.269 e. The fourth-order valence-corrected chi connectivity index (χ4v) is 5.92. The van der Waals surface area contributed by atoms with Crippen molar-refractivity contribution in [2.75, 3.05) is 18.5 Å². The van der Waals surface area contributed by atoms with Crippen molar-refractivity contribution in [3.8, 4) is 0 Å². The molecule has 0 saturated carbocycles. The number of thioether (sulfide) groups is 2. The van der Waals surface area contributed by atoms with Crippen molar-refractivity contribution in [2.24, 2.45) is 4.99 Å². The molecule has 1 saturated heterocycles. The predicted molar refractivity (Wildman–Crippen MR) is 128 cm³/mol. The summed E-state index contributed by atoms with van der Waals surface area (Å²) in [6, 6.07) is 22.5. The first-order valence-electron chi connectivity index (χ1n) is 9.58. The molecule has 5 rings (SSSR count). The zero-order valence-electron chi connectivity index (χ0n) is 16.4. The third-order valence-electron chi connectivity index (χ3n) is 5.07. The van der Waals surface area contributed by atoms with Gasteiger partial charge in [0.2, 0.25) is 0 Å². The fraction of sp³-hybridized carbons (Fsp3) is 0.0833. The number of aliphatic imine (C=N–C) groups is 1. The molecule has 0 aliphatic carbocycles. The Bertz CT molecular complexity index is 1250. The molecule has 2 aliphatic heterocycles. The predicted octanol–water partition coefficient (Wildman–Crippen LogP) is 6.00. The van der Waals surface area contributed by atoms with Crippen LogP contribution in [0.15, 0.2) is 99.2 Å². The van der Waals surface area contributed by atoms with E-state index in [0.29, 0.717) is 16.6 Å². The Kier molecular flexibility index (Phi) is 4.89. The van der Waals surface area contributed by atoms with E-state index in [0.717, 1.165) is 26.7 Å². The zero-order valence-corrected chi connectivity index (χ0v) is 18.0. The second-order valence-corrected chi connectivity index (χ2v) is 9.00. The fourth-order valence-electron chi connectivity index (χ4n) is 3.57. The summed E-state index contributed by atoms with van der Waals surface area (Å²) in [7, 11) is 2.01. The van der Waals surface area contributed by atoms with E-state index in [2.05, 4.69) is 47.9 Å². The number of hydrogen-bond donors (Lipinski definition) is 0. The largest absolute Gasteiger partial charge is 0.337 e. The lowest BCUT2D eigenvalue weighted by Gasteiger charge is -2.15. The first-order valence-corrected chi connectivity index (χ1v) is 11.2. The molecule has 0 unspecified atom stereocenters. The minimum absolute atomic E-state index is 0.0263. The first kappa shape index (κ1) is 19.0. The van der Waals surface area contributed by atoms with Gasteiger partial charge in [-0.1, -0.05) is 60.3 Å². The van der Waals surface area contributed by atoms with Gasteiger partial charge in [0, 0.05) is 18.5 Å². The van der Waals surface area contributed by atoms with Gasteiger partial charge in [-0.25, -0.2) is 4.99 Å². The summed E-state index contributed by atoms with van der Waals surface area (Å²) >= 11 is 3.07. The van der Waals surface area contributed by atoms with Crippen molar-refractivity contribution in [1.29, 1.82) is 0 Å². The minimum atomic E-state index is -0.0263. The van der Waals surface area contributed by atoms with Gasteiger partial charge in [0.25, 0.3) is 5.91 Å². The normalized spacial score (nSPS) is 19.8. The summed E-state index contributed by atoms with van der Waals surface area (Å²) < 4.78 is 0. The van der Waals surface area contributed by atoms with E-state index < -0.39 is 0 Å². The molecule has 2 aliphatic rings. The molecule has 0 N–H and O–H groups in total. The average Bonchev–Trinajstić information content (AvgIpc) is 3.26. The molecule has 6 heteroatoms. The summed E-state index contributed by atoms with van der Waals surface area (Å²) in [4.78, 5) is 23.8. The van der Waals surface area contributed by atoms with Crippen LogP contribution < -0.4 is 4.90 Å². The van der Waals surface area contributed by atoms with Gasteiger partial charge in [0.1, 0.15) is 4.91 Å². The summed E-state index contributed by atoms with van der Waals surface area (Å²) in [5.74, 6) is -0.0263. The number of fused-ring (bicyclic) bond motifs is 2. The van der Waals surface area contributed by atoms with Gasteiger partial charge in [0.15, 0.2) is 5.17 Å². The van der Waals surface area contributed by atoms with Gasteiger partial charge >= 0.3 is 0 Å². The SMILES string of the molecule is C=CCN1C(=O)/C(=C2/Sc3ccccc3N2C)SC1=Nc1ccc2ccccc2c1. The van der Waals surface area contributed by atoms with Gasteiger partial charge in [-0.3, -0.25) is 9.69 Å². The Balaban J connectivity index is 1.55. The molecule has 3 aromatic carbocycles. The van der Waals surface area contributed by atoms with Gasteiger partial charge in [0.05, 0.1) is 16.4 Å². The van der Waals surface area contributed by atoms with Crippen LogP contribution in [0.25, 0.3) is 10.8 Å². The summed E-state index contributed by atoms with van der Waals surface area (Å²) in [6.45, 7) is 4.25. The Morgan fingerprint density at radius 2 is 1.77 bits per heavy atom. The molecule has 4 nitrogen and oxygen atoms in total. The van der Waals surface area contributed by atoms with Crippen molar-refractivity contribution in [3.05, 3.63) is 89.3 Å². The van der Waals surface area contributed by atoms with Crippen LogP contribution in [0.2, 0.25) is 0 Å². The van der Waals surface area contributed by atoms with Crippen LogP contribution in [0.5, 0.6) is 0 Å². The van der Waals surface area contributed by atoms with Crippen LogP contribution in [-0.2, 0) is 4.79 Å². The summed E-state index contributed by atoms with van der Waals surface area (Å²) in [6.07, 6.45) is 1.74. The number of amidine groups is 1. The average molecular weight is 430 g/mol. The number of rotatable bonds is 3. The van der Waals surface area contributed by atoms with Crippen molar-refractivity contribution < 1.29 is 4.79 Å². The molecule has 1 fully saturated rings. The molecule has 30 heavy (non-hydrogen) atoms. The summed E-state index contributed by atoms with van der Waals surface area (Å²) in [5.41, 5.74) is 1.95. The van der Waals surface area contributed by atoms with Crippen molar-refractivity contribution >= 4 is 56.7 Å². The lowest BCUT2D eigenvalue weighted by Crippen LogP contribution is -2.29. The molecule has 0 spiro atoms. The number of benzene rings is 3. The highest BCUT2D eigenvalue weighted by Crippen LogP contribution is 2.49. The van der Waals surface area contributed by atoms with Crippen LogP contribution in [0.4, 0.5) is 11.4 Å². The van der Waals surface area contributed by atoms with E-state index in [-0.39, 0.29) is 5.91 Å². The van der Waals surface area contributed by atoms with Gasteiger partial charge in [-0.2, -0.15) is 0 Å². The maximum atomic E-state index is 13.3. The van der Waals surface area contributed by atoms with Crippen molar-refractivity contribution in [3.63, 3.8) is 0 Å². The van der Waals surface area contributed by atoms with E-state index in [9.17, 15) is 4.79 Å². The van der Waals surface area contributed by atoms with Gasteiger partial charge in [-0.05, 0) is 46.8 Å². The maximum absolute atomic E-state index is 13.3. The third-order valence-corrected chi connectivity index (χ3v) is 7.50. The summed E-state index contributed by atoms with van der Waals surface area (Å²) in [5, 5.41) is 3.93. The number of anilines is 1. The number of amides is 1. The highest BCUT2D eigenvalue weighted by Gasteiger charge is 2.38. The number of para-hydroxylation sites is 1. The second kappa shape index (κ2) is 7.70. The molecule has 0 radical (unpaired) electrons. The second-order valence-electron chi connectivity index (χ2n) is 7.00. The van der Waals surface area contributed by atoms with Gasteiger partial charge in [-0.15, -0.1) is 6.58 Å². The van der Waals surface area contributed by atoms with E-state index in [1.54, 1.807) is 22.7 Å². The lowest BCUT2D eigenvalue weighted by atomic mass is 10.1. The first-order chi connectivity index (χ1) is 14.7. The monoisotopic (exact) mass is 429 g/mol. The highest BCUT2D eigenvalue weighted by atomic mass is 32.2. The van der Waals surface area contributed by atoms with Crippen LogP contribution >= 0.6 is 23.5 Å². The van der Waals surface area contributed by atoms with Crippen LogP contribution in [0, 0.1) is 0 Å². The molecular formula is C24H19N3OS2. The smallest absolute Gasteiger partial charge is 0.269 e. The molecule has 3 aromatic rings. The third kappa shape index (κ3) is 3.22. The Labute approximate surface area is 184 Å². The standard InChI is InChI=1S/C24H19N3OS2/c1-3-14-27-22(28)21(23-26(2)19-10-6-7-11-20(19)29-23)30-24(27)25-18-13-12-16-8-4-5-9-17(16)15-18/h3-13,15H,1,14H2,2H3/b23-21-,25-24?. The van der Waals surface area contributed by atoms with Crippen LogP contribution in [0.1, 0.15) is 0 Å². The van der Waals surface area contributed by atoms with E-state index in [1.165, 1.54) is 17.1 Å². The Morgan fingerprint density at radius 1 is 1.00 bits per heavy atom. The molecule has 148 valence electrons. The Hall–Kier alpha value is -2.96. The van der Waals surface area contributed by atoms with Crippen LogP contribution in [-0.4, -0.2) is 29.6 Å². The molecule has 0 bridgehead atoms. The minimum Gasteiger partial charge on any atom is -0.337 e. The molecule has 0 atom stereocenters. The van der Waals surface area contributed by atoms with Crippen molar-refractivity contribution in [2.45, 2.75) is 4.90 Å². The van der Waals surface area contributed by atoms with E-state index in [4.69, 9.17) is 4.99 Å². The van der Waals surface area contributed by atoms with E-state index in [1.807, 2.05) is 37.4 Å². The van der Waals surface area contributed by atoms with Crippen molar-refractivity contribution in [1.82, 2.24) is 4.90 Å². The number of hydrogen-bond acceptors (Lipinski definition) is 5. The van der Waals surface area contributed by atoms with Crippen LogP contribution in [0.3, 0.4) is 0 Å². The molecule has 0 aromatic heterocycles. The molecule has 2 heterocycles. The number of nitrogens with zero attached hydrogens (tertiary/aromatic N) is 3. The molecular weight excluding hydrogens is 410 g/mol. The van der Waals surface area contributed by atoms with Gasteiger partial charge < -0.3 is 4.90 Å².